The van der Waals surface area contributed by atoms with Gasteiger partial charge < -0.3 is 9.05 Å². The van der Waals surface area contributed by atoms with Gasteiger partial charge in [0.25, 0.3) is 0 Å². The first-order valence-corrected chi connectivity index (χ1v) is 7.84. The molecule has 0 aromatic carbocycles. The van der Waals surface area contributed by atoms with Gasteiger partial charge in [-0.25, -0.2) is 0 Å². The summed E-state index contributed by atoms with van der Waals surface area (Å²) in [5.41, 5.74) is -6.16. The minimum Gasteiger partial charge on any atom is -0.305 e. The van der Waals surface area contributed by atoms with E-state index >= 15 is 0 Å². The highest BCUT2D eigenvalue weighted by Crippen LogP contribution is 2.71. The number of rotatable bonds is 8. The summed E-state index contributed by atoms with van der Waals surface area (Å²) in [5, 5.41) is 0. The Bertz CT molecular complexity index is 401. The predicted molar refractivity (Wildman–Crippen MR) is 64.7 cm³/mol. The highest BCUT2D eigenvalue weighted by molar-refractivity contribution is 14.1. The molecule has 0 aromatic rings. The Labute approximate surface area is 128 Å². The molecule has 0 aliphatic heterocycles. The third kappa shape index (κ3) is 3.47. The van der Waals surface area contributed by atoms with E-state index in [0.717, 1.165) is 13.8 Å². The van der Waals surface area contributed by atoms with Crippen molar-refractivity contribution in [2.75, 3.05) is 13.2 Å². The molecule has 0 atom stereocenters. The van der Waals surface area contributed by atoms with Gasteiger partial charge in [-0.2, -0.15) is 35.1 Å². The molecule has 3 nitrogen and oxygen atoms in total. The topological polar surface area (TPSA) is 35.5 Å². The van der Waals surface area contributed by atoms with E-state index in [1.807, 2.05) is 0 Å². The quantitative estimate of drug-likeness (QED) is 0.216. The van der Waals surface area contributed by atoms with Crippen molar-refractivity contribution in [2.45, 2.75) is 35.3 Å². The van der Waals surface area contributed by atoms with Crippen LogP contribution >= 0.6 is 30.2 Å². The fourth-order valence-electron chi connectivity index (χ4n) is 1.08. The van der Waals surface area contributed by atoms with E-state index in [-0.39, 0.29) is 0 Å². The molecule has 0 spiro atoms. The Morgan fingerprint density at radius 2 is 1.19 bits per heavy atom. The first-order valence-electron chi connectivity index (χ1n) is 5.21. The lowest BCUT2D eigenvalue weighted by Gasteiger charge is -2.36. The first-order chi connectivity index (χ1) is 9.12. The maximum absolute atomic E-state index is 13.6. The van der Waals surface area contributed by atoms with Crippen LogP contribution in [0, 0.1) is 0 Å². The molecule has 13 heteroatoms. The molecule has 21 heavy (non-hydrogen) atoms. The third-order valence-electron chi connectivity index (χ3n) is 2.07. The largest absolute Gasteiger partial charge is 0.414 e. The van der Waals surface area contributed by atoms with Crippen LogP contribution in [0.25, 0.3) is 0 Å². The highest BCUT2D eigenvalue weighted by Gasteiger charge is 2.85. The maximum Gasteiger partial charge on any atom is 0.414 e. The molecule has 0 aliphatic rings. The molecule has 0 aromatic heterocycles. The lowest BCUT2D eigenvalue weighted by molar-refractivity contribution is -0.323. The molecule has 0 radical (unpaired) electrons. The fourth-order valence-corrected chi connectivity index (χ4v) is 2.98. The molecule has 0 fully saturated rings. The van der Waals surface area contributed by atoms with Crippen LogP contribution in [0.15, 0.2) is 0 Å². The van der Waals surface area contributed by atoms with Crippen molar-refractivity contribution in [2.24, 2.45) is 0 Å². The van der Waals surface area contributed by atoms with Gasteiger partial charge >= 0.3 is 29.0 Å². The average molecular weight is 464 g/mol. The van der Waals surface area contributed by atoms with Gasteiger partial charge in [-0.3, -0.25) is 4.57 Å². The predicted octanol–water partition coefficient (Wildman–Crippen LogP) is 5.14. The molecule has 0 rings (SSSR count). The summed E-state index contributed by atoms with van der Waals surface area (Å²) < 4.78 is 119. The zero-order chi connectivity index (χ0) is 17.3. The Kier molecular flexibility index (Phi) is 6.54. The van der Waals surface area contributed by atoms with E-state index in [1.54, 1.807) is 0 Å². The molecular weight excluding hydrogens is 454 g/mol. The zero-order valence-corrected chi connectivity index (χ0v) is 13.5. The third-order valence-corrected chi connectivity index (χ3v) is 4.91. The molecule has 128 valence electrons. The van der Waals surface area contributed by atoms with Crippen LogP contribution in [0.3, 0.4) is 0 Å². The summed E-state index contributed by atoms with van der Waals surface area (Å²) in [7, 11) is -6.11. The van der Waals surface area contributed by atoms with Crippen molar-refractivity contribution < 1.29 is 48.7 Å². The summed E-state index contributed by atoms with van der Waals surface area (Å²) in [6.45, 7) is 0.195. The van der Waals surface area contributed by atoms with Crippen molar-refractivity contribution in [1.82, 2.24) is 0 Å². The van der Waals surface area contributed by atoms with E-state index in [1.165, 1.54) is 0 Å². The van der Waals surface area contributed by atoms with Crippen LogP contribution < -0.4 is 0 Å². The molecule has 0 bridgehead atoms. The lowest BCUT2D eigenvalue weighted by Crippen LogP contribution is -2.60. The molecule has 0 aliphatic carbocycles. The number of hydrogen-bond donors (Lipinski definition) is 0. The van der Waals surface area contributed by atoms with Crippen LogP contribution in [0.1, 0.15) is 13.8 Å². The van der Waals surface area contributed by atoms with Gasteiger partial charge in [-0.05, 0) is 13.8 Å². The average Bonchev–Trinajstić information content (AvgIpc) is 2.27. The van der Waals surface area contributed by atoms with Crippen LogP contribution in [0.2, 0.25) is 0 Å². The second-order valence-corrected chi connectivity index (χ2v) is 6.95. The van der Waals surface area contributed by atoms with Crippen molar-refractivity contribution in [3.05, 3.63) is 0 Å². The van der Waals surface area contributed by atoms with E-state index < -0.39 is 64.8 Å². The van der Waals surface area contributed by atoms with Gasteiger partial charge in [-0.1, -0.05) is 0 Å². The number of alkyl halides is 9. The van der Waals surface area contributed by atoms with Gasteiger partial charge in [0.2, 0.25) is 0 Å². The first kappa shape index (κ1) is 21.3. The summed E-state index contributed by atoms with van der Waals surface area (Å²) in [6, 6.07) is 0. The highest BCUT2D eigenvalue weighted by atomic mass is 127. The Morgan fingerprint density at radius 1 is 0.857 bits per heavy atom. The SMILES string of the molecule is CCOP(=O)(OCC)C(F)(F)C(F)(F)C(F)(F)C(F)(F)I. The molecule has 0 N–H and O–H groups in total. The van der Waals surface area contributed by atoms with E-state index in [4.69, 9.17) is 0 Å². The van der Waals surface area contributed by atoms with Gasteiger partial charge in [0.1, 0.15) is 0 Å². The molecule has 0 amide bonds. The molecule has 0 unspecified atom stereocenters. The van der Waals surface area contributed by atoms with E-state index in [2.05, 4.69) is 9.05 Å². The lowest BCUT2D eigenvalue weighted by atomic mass is 10.2. The zero-order valence-electron chi connectivity index (χ0n) is 10.5. The van der Waals surface area contributed by atoms with E-state index in [0.29, 0.717) is 0 Å². The maximum atomic E-state index is 13.6. The minimum absolute atomic E-state index is 0.412. The fraction of sp³-hybridized carbons (Fsp3) is 1.00. The Balaban J connectivity index is 6.02. The van der Waals surface area contributed by atoms with Crippen molar-refractivity contribution in [1.29, 1.82) is 0 Å². The van der Waals surface area contributed by atoms with Gasteiger partial charge in [0.05, 0.1) is 13.2 Å². The summed E-state index contributed by atoms with van der Waals surface area (Å²) in [5.74, 6) is -13.2. The van der Waals surface area contributed by atoms with E-state index in [9.17, 15) is 39.7 Å². The number of hydrogen-bond acceptors (Lipinski definition) is 3. The van der Waals surface area contributed by atoms with Crippen LogP contribution in [-0.2, 0) is 13.6 Å². The smallest absolute Gasteiger partial charge is 0.305 e. The summed E-state index contributed by atoms with van der Waals surface area (Å²) in [4.78, 5) is 0. The van der Waals surface area contributed by atoms with Crippen molar-refractivity contribution in [3.8, 4) is 0 Å². The van der Waals surface area contributed by atoms with Crippen molar-refractivity contribution >= 4 is 30.2 Å². The Hall–Kier alpha value is 0.320. The molecule has 0 heterocycles. The summed E-state index contributed by atoms with van der Waals surface area (Å²) in [6.07, 6.45) is 0. The van der Waals surface area contributed by atoms with Crippen LogP contribution in [-0.4, -0.2) is 34.7 Å². The van der Waals surface area contributed by atoms with Gasteiger partial charge in [0, 0.05) is 22.6 Å². The minimum atomic E-state index is -6.68. The second kappa shape index (κ2) is 6.44. The molecular formula is C8H10F8IO3P. The summed E-state index contributed by atoms with van der Waals surface area (Å²) >= 11 is -0.412. The van der Waals surface area contributed by atoms with Crippen LogP contribution in [0.4, 0.5) is 35.1 Å². The van der Waals surface area contributed by atoms with Crippen LogP contribution in [0.5, 0.6) is 0 Å². The van der Waals surface area contributed by atoms with Gasteiger partial charge in [0.15, 0.2) is 0 Å². The number of halogens is 9. The second-order valence-electron chi connectivity index (χ2n) is 3.52. The monoisotopic (exact) mass is 464 g/mol. The Morgan fingerprint density at radius 3 is 1.43 bits per heavy atom. The molecule has 0 saturated heterocycles. The van der Waals surface area contributed by atoms with Crippen molar-refractivity contribution in [3.63, 3.8) is 0 Å². The standard InChI is InChI=1S/C8H10F8IO3P/c1-3-19-21(18,20-4-2)8(15,16)6(11,12)5(9,10)7(13,14)17/h3-4H2,1-2H3. The normalized spacial score (nSPS) is 15.4. The molecule has 0 saturated carbocycles. The van der Waals surface area contributed by atoms with Gasteiger partial charge in [-0.15, -0.1) is 0 Å².